The number of aryl methyl sites for hydroxylation is 2. The zero-order chi connectivity index (χ0) is 21.7. The smallest absolute Gasteiger partial charge is 0.157 e. The highest BCUT2D eigenvalue weighted by molar-refractivity contribution is 5.85. The van der Waals surface area contributed by atoms with E-state index in [1.165, 1.54) is 19.3 Å². The lowest BCUT2D eigenvalue weighted by Gasteiger charge is -2.34. The molecule has 0 amide bonds. The molecule has 1 saturated heterocycles. The summed E-state index contributed by atoms with van der Waals surface area (Å²) in [5.74, 6) is 3.80. The quantitative estimate of drug-likeness (QED) is 0.477. The molecule has 2 aliphatic rings. The molecule has 1 atom stereocenters. The van der Waals surface area contributed by atoms with E-state index < -0.39 is 0 Å². The number of hydrogen-bond acceptors (Lipinski definition) is 5. The van der Waals surface area contributed by atoms with Crippen LogP contribution < -0.4 is 4.90 Å². The number of fused-ring (bicyclic) bond motifs is 4. The third-order valence-electron chi connectivity index (χ3n) is 7.11. The molecule has 1 aromatic carbocycles. The average molecular weight is 426 g/mol. The number of para-hydroxylation sites is 2. The molecule has 0 radical (unpaired) electrons. The molecule has 2 aliphatic heterocycles. The zero-order valence-corrected chi connectivity index (χ0v) is 18.5. The first kappa shape index (κ1) is 19.3. The van der Waals surface area contributed by atoms with Crippen LogP contribution in [0.15, 0.2) is 30.3 Å². The van der Waals surface area contributed by atoms with Crippen LogP contribution in [0.3, 0.4) is 0 Å². The van der Waals surface area contributed by atoms with Crippen molar-refractivity contribution in [3.63, 3.8) is 0 Å². The summed E-state index contributed by atoms with van der Waals surface area (Å²) in [6, 6.07) is 12.7. The van der Waals surface area contributed by atoms with Crippen LogP contribution in [0.25, 0.3) is 16.7 Å². The highest BCUT2D eigenvalue weighted by Crippen LogP contribution is 2.34. The number of nitriles is 1. The van der Waals surface area contributed by atoms with E-state index in [1.807, 2.05) is 25.1 Å². The Balaban J connectivity index is 1.44. The third kappa shape index (κ3) is 2.97. The molecular weight excluding hydrogens is 398 g/mol. The van der Waals surface area contributed by atoms with Crippen LogP contribution >= 0.6 is 0 Å². The van der Waals surface area contributed by atoms with Gasteiger partial charge in [-0.3, -0.25) is 4.40 Å². The minimum absolute atomic E-state index is 0.365. The van der Waals surface area contributed by atoms with Crippen molar-refractivity contribution in [2.75, 3.05) is 18.0 Å². The van der Waals surface area contributed by atoms with Gasteiger partial charge in [-0.1, -0.05) is 18.6 Å². The molecular formula is C25H27N7. The summed E-state index contributed by atoms with van der Waals surface area (Å²) in [5, 5.41) is 19.0. The second kappa shape index (κ2) is 7.63. The molecule has 0 spiro atoms. The normalized spacial score (nSPS) is 19.1. The third-order valence-corrected chi connectivity index (χ3v) is 7.11. The lowest BCUT2D eigenvalue weighted by molar-refractivity contribution is 0.463. The van der Waals surface area contributed by atoms with Gasteiger partial charge in [-0.05, 0) is 56.4 Å². The number of pyridine rings is 1. The highest BCUT2D eigenvalue weighted by atomic mass is 15.3. The molecule has 0 saturated carbocycles. The van der Waals surface area contributed by atoms with E-state index in [0.29, 0.717) is 11.5 Å². The van der Waals surface area contributed by atoms with Crippen molar-refractivity contribution in [2.45, 2.75) is 57.9 Å². The molecule has 32 heavy (non-hydrogen) atoms. The van der Waals surface area contributed by atoms with E-state index in [4.69, 9.17) is 4.98 Å². The number of anilines is 1. The molecule has 0 bridgehead atoms. The fourth-order valence-electron chi connectivity index (χ4n) is 5.51. The largest absolute Gasteiger partial charge is 0.357 e. The second-order valence-corrected chi connectivity index (χ2v) is 9.15. The monoisotopic (exact) mass is 425 g/mol. The first-order valence-electron chi connectivity index (χ1n) is 11.7. The fraction of sp³-hybridized carbons (Fsp3) is 0.440. The Morgan fingerprint density at radius 1 is 1.06 bits per heavy atom. The van der Waals surface area contributed by atoms with E-state index in [1.54, 1.807) is 0 Å². The lowest BCUT2D eigenvalue weighted by atomic mass is 9.96. The molecule has 0 unspecified atom stereocenters. The van der Waals surface area contributed by atoms with Crippen molar-refractivity contribution in [3.8, 4) is 6.07 Å². The summed E-state index contributed by atoms with van der Waals surface area (Å²) < 4.78 is 4.57. The summed E-state index contributed by atoms with van der Waals surface area (Å²) in [4.78, 5) is 7.29. The molecule has 4 aromatic rings. The fourth-order valence-corrected chi connectivity index (χ4v) is 5.51. The van der Waals surface area contributed by atoms with Gasteiger partial charge in [0.2, 0.25) is 0 Å². The van der Waals surface area contributed by atoms with Crippen LogP contribution in [0.2, 0.25) is 0 Å². The molecule has 7 heteroatoms. The van der Waals surface area contributed by atoms with Gasteiger partial charge in [0.15, 0.2) is 5.65 Å². The van der Waals surface area contributed by atoms with Crippen LogP contribution in [0, 0.1) is 18.3 Å². The Labute approximate surface area is 187 Å². The standard InChI is InChI=1S/C25H27N7/c1-17-14-23(32-21-10-5-4-9-20(21)27-25(32)19(17)15-26)30-12-7-8-18(16-30)24-29-28-22-11-3-2-6-13-31(22)24/h4-5,9-10,14,18H,2-3,6-8,11-13,16H2,1H3/t18-/m1/s1. The number of piperidine rings is 1. The van der Waals surface area contributed by atoms with E-state index in [9.17, 15) is 5.26 Å². The van der Waals surface area contributed by atoms with Crippen molar-refractivity contribution < 1.29 is 0 Å². The van der Waals surface area contributed by atoms with Crippen LogP contribution in [0.5, 0.6) is 0 Å². The second-order valence-electron chi connectivity index (χ2n) is 9.15. The number of hydrogen-bond donors (Lipinski definition) is 0. The minimum atomic E-state index is 0.365. The van der Waals surface area contributed by atoms with Gasteiger partial charge < -0.3 is 9.47 Å². The number of imidazole rings is 1. The predicted molar refractivity (Wildman–Crippen MR) is 124 cm³/mol. The summed E-state index contributed by atoms with van der Waals surface area (Å²) in [6.45, 7) is 4.96. The number of aromatic nitrogens is 5. The van der Waals surface area contributed by atoms with Crippen LogP contribution in [-0.4, -0.2) is 37.2 Å². The van der Waals surface area contributed by atoms with E-state index in [-0.39, 0.29) is 0 Å². The van der Waals surface area contributed by atoms with Crippen molar-refractivity contribution in [1.29, 1.82) is 5.26 Å². The summed E-state index contributed by atoms with van der Waals surface area (Å²) >= 11 is 0. The Morgan fingerprint density at radius 3 is 2.88 bits per heavy atom. The average Bonchev–Trinajstić information content (AvgIpc) is 3.32. The zero-order valence-electron chi connectivity index (χ0n) is 18.5. The van der Waals surface area contributed by atoms with Gasteiger partial charge >= 0.3 is 0 Å². The molecule has 6 rings (SSSR count). The van der Waals surface area contributed by atoms with Gasteiger partial charge in [0.25, 0.3) is 0 Å². The van der Waals surface area contributed by atoms with Crippen LogP contribution in [0.4, 0.5) is 5.82 Å². The maximum Gasteiger partial charge on any atom is 0.157 e. The predicted octanol–water partition coefficient (Wildman–Crippen LogP) is 4.37. The van der Waals surface area contributed by atoms with E-state index in [0.717, 1.165) is 78.6 Å². The van der Waals surface area contributed by atoms with Crippen molar-refractivity contribution >= 4 is 22.5 Å². The molecule has 0 N–H and O–H groups in total. The maximum absolute atomic E-state index is 9.81. The van der Waals surface area contributed by atoms with Crippen molar-refractivity contribution in [3.05, 3.63) is 53.1 Å². The van der Waals surface area contributed by atoms with Crippen molar-refractivity contribution in [1.82, 2.24) is 24.1 Å². The molecule has 162 valence electrons. The summed E-state index contributed by atoms with van der Waals surface area (Å²) in [5.41, 5.74) is 4.35. The topological polar surface area (TPSA) is 75.0 Å². The Bertz CT molecular complexity index is 1360. The number of nitrogens with zero attached hydrogens (tertiary/aromatic N) is 7. The van der Waals surface area contributed by atoms with Crippen molar-refractivity contribution in [2.24, 2.45) is 0 Å². The van der Waals surface area contributed by atoms with E-state index in [2.05, 4.69) is 42.3 Å². The molecule has 5 heterocycles. The van der Waals surface area contributed by atoms with Gasteiger partial charge in [0.05, 0.1) is 16.6 Å². The first-order valence-corrected chi connectivity index (χ1v) is 11.7. The number of benzene rings is 1. The van der Waals surface area contributed by atoms with Crippen LogP contribution in [-0.2, 0) is 13.0 Å². The first-order chi connectivity index (χ1) is 15.7. The Morgan fingerprint density at radius 2 is 1.97 bits per heavy atom. The number of rotatable bonds is 2. The molecule has 3 aromatic heterocycles. The maximum atomic E-state index is 9.81. The highest BCUT2D eigenvalue weighted by Gasteiger charge is 2.29. The summed E-state index contributed by atoms with van der Waals surface area (Å²) in [7, 11) is 0. The van der Waals surface area contributed by atoms with Gasteiger partial charge in [0, 0.05) is 32.0 Å². The van der Waals surface area contributed by atoms with Gasteiger partial charge in [-0.15, -0.1) is 10.2 Å². The SMILES string of the molecule is Cc1cc(N2CCC[C@@H](c3nnc4n3CCCCC4)C2)n2c(nc3ccccc32)c1C#N. The lowest BCUT2D eigenvalue weighted by Crippen LogP contribution is -2.36. The van der Waals surface area contributed by atoms with Gasteiger partial charge in [-0.2, -0.15) is 5.26 Å². The minimum Gasteiger partial charge on any atom is -0.357 e. The van der Waals surface area contributed by atoms with Gasteiger partial charge in [0.1, 0.15) is 23.5 Å². The molecule has 7 nitrogen and oxygen atoms in total. The Hall–Kier alpha value is -3.40. The van der Waals surface area contributed by atoms with E-state index >= 15 is 0 Å². The van der Waals surface area contributed by atoms with Crippen LogP contribution in [0.1, 0.15) is 60.8 Å². The molecule has 1 fully saturated rings. The van der Waals surface area contributed by atoms with Gasteiger partial charge in [-0.25, -0.2) is 4.98 Å². The Kier molecular flexibility index (Phi) is 4.60. The molecule has 0 aliphatic carbocycles. The summed E-state index contributed by atoms with van der Waals surface area (Å²) in [6.07, 6.45) is 6.99.